The normalized spacial score (nSPS) is 14.9. The van der Waals surface area contributed by atoms with Gasteiger partial charge in [-0.25, -0.2) is 12.4 Å². The van der Waals surface area contributed by atoms with Gasteiger partial charge in [-0.15, -0.1) is 0 Å². The third kappa shape index (κ3) is 4.06. The van der Waals surface area contributed by atoms with Crippen molar-refractivity contribution in [2.45, 2.75) is 44.3 Å². The summed E-state index contributed by atoms with van der Waals surface area (Å²) in [5.41, 5.74) is 5.03. The number of fused-ring (bicyclic) bond motifs is 1. The number of carbonyl (C=O) groups excluding carboxylic acids is 1. The molecule has 4 nitrogen and oxygen atoms in total. The summed E-state index contributed by atoms with van der Waals surface area (Å²) in [4.78, 5) is 12.9. The summed E-state index contributed by atoms with van der Waals surface area (Å²) >= 11 is 0. The van der Waals surface area contributed by atoms with E-state index in [0.29, 0.717) is 24.1 Å². The third-order valence-electron chi connectivity index (χ3n) is 4.55. The number of aromatic nitrogens is 1. The highest BCUT2D eigenvalue weighted by atomic mass is 32.2. The van der Waals surface area contributed by atoms with E-state index in [9.17, 15) is 13.2 Å². The molecule has 0 bridgehead atoms. The van der Waals surface area contributed by atoms with Gasteiger partial charge in [-0.05, 0) is 44.0 Å². The fourth-order valence-electron chi connectivity index (χ4n) is 3.10. The van der Waals surface area contributed by atoms with E-state index in [0.717, 1.165) is 11.1 Å². The first-order valence-corrected chi connectivity index (χ1v) is 14.1. The van der Waals surface area contributed by atoms with Gasteiger partial charge in [0.2, 0.25) is 0 Å². The Balaban J connectivity index is 1.99. The van der Waals surface area contributed by atoms with Crippen molar-refractivity contribution in [1.29, 1.82) is 0 Å². The fourth-order valence-corrected chi connectivity index (χ4v) is 5.16. The van der Waals surface area contributed by atoms with Gasteiger partial charge in [0, 0.05) is 23.0 Å². The molecular formula is C21H25NO3SSi. The van der Waals surface area contributed by atoms with Crippen LogP contribution in [0.15, 0.2) is 59.3 Å². The maximum absolute atomic E-state index is 13.1. The first-order valence-electron chi connectivity index (χ1n) is 9.06. The van der Waals surface area contributed by atoms with Gasteiger partial charge >= 0.3 is 0 Å². The van der Waals surface area contributed by atoms with Crippen molar-refractivity contribution >= 4 is 29.5 Å². The average molecular weight is 400 g/mol. The van der Waals surface area contributed by atoms with Crippen LogP contribution in [0.25, 0.3) is 5.57 Å². The summed E-state index contributed by atoms with van der Waals surface area (Å²) in [5, 5.41) is 0. The quantitative estimate of drug-likeness (QED) is 0.554. The number of aryl methyl sites for hydroxylation is 1. The van der Waals surface area contributed by atoms with E-state index in [2.05, 4.69) is 19.6 Å². The van der Waals surface area contributed by atoms with Gasteiger partial charge in [-0.3, -0.25) is 4.79 Å². The molecule has 0 aliphatic heterocycles. The SMILES string of the molecule is Cc1ccc(S(=O)(=O)n2ccc3c2CCC=C3C(=O)/C=C/[Si](C)(C)C)cc1. The van der Waals surface area contributed by atoms with E-state index in [-0.39, 0.29) is 10.7 Å². The average Bonchev–Trinajstić information content (AvgIpc) is 3.04. The van der Waals surface area contributed by atoms with Gasteiger partial charge in [0.25, 0.3) is 10.0 Å². The van der Waals surface area contributed by atoms with Crippen molar-refractivity contribution < 1.29 is 13.2 Å². The number of benzene rings is 1. The summed E-state index contributed by atoms with van der Waals surface area (Å²) in [6.45, 7) is 8.43. The van der Waals surface area contributed by atoms with Gasteiger partial charge in [0.05, 0.1) is 13.0 Å². The van der Waals surface area contributed by atoms with Gasteiger partial charge in [-0.2, -0.15) is 0 Å². The molecule has 0 radical (unpaired) electrons. The van der Waals surface area contributed by atoms with Crippen LogP contribution in [-0.4, -0.2) is 26.2 Å². The van der Waals surface area contributed by atoms with Crippen LogP contribution in [0, 0.1) is 6.92 Å². The molecule has 0 saturated heterocycles. The van der Waals surface area contributed by atoms with Crippen LogP contribution in [0.5, 0.6) is 0 Å². The van der Waals surface area contributed by atoms with Crippen LogP contribution in [0.2, 0.25) is 19.6 Å². The predicted molar refractivity (Wildman–Crippen MR) is 112 cm³/mol. The van der Waals surface area contributed by atoms with E-state index in [4.69, 9.17) is 0 Å². The van der Waals surface area contributed by atoms with Crippen molar-refractivity contribution in [3.05, 3.63) is 71.2 Å². The molecule has 1 aromatic carbocycles. The first-order chi connectivity index (χ1) is 12.6. The maximum Gasteiger partial charge on any atom is 0.267 e. The zero-order chi connectivity index (χ0) is 19.8. The molecule has 0 N–H and O–H groups in total. The van der Waals surface area contributed by atoms with Crippen molar-refractivity contribution in [1.82, 2.24) is 3.97 Å². The maximum atomic E-state index is 13.1. The molecule has 0 unspecified atom stereocenters. The minimum atomic E-state index is -3.67. The van der Waals surface area contributed by atoms with Crippen molar-refractivity contribution in [2.24, 2.45) is 0 Å². The fraction of sp³-hybridized carbons (Fsp3) is 0.286. The molecular weight excluding hydrogens is 374 g/mol. The van der Waals surface area contributed by atoms with Crippen molar-refractivity contribution in [3.8, 4) is 0 Å². The minimum absolute atomic E-state index is 0.0520. The summed E-state index contributed by atoms with van der Waals surface area (Å²) in [6, 6.07) is 8.57. The molecule has 0 spiro atoms. The molecule has 6 heteroatoms. The smallest absolute Gasteiger partial charge is 0.267 e. The minimum Gasteiger partial charge on any atom is -0.289 e. The summed E-state index contributed by atoms with van der Waals surface area (Å²) < 4.78 is 27.5. The van der Waals surface area contributed by atoms with Crippen LogP contribution >= 0.6 is 0 Å². The highest BCUT2D eigenvalue weighted by Crippen LogP contribution is 2.31. The lowest BCUT2D eigenvalue weighted by Gasteiger charge is -2.16. The highest BCUT2D eigenvalue weighted by molar-refractivity contribution is 7.90. The van der Waals surface area contributed by atoms with Gasteiger partial charge in [0.15, 0.2) is 5.78 Å². The van der Waals surface area contributed by atoms with Crippen LogP contribution in [0.3, 0.4) is 0 Å². The Morgan fingerprint density at radius 2 is 1.78 bits per heavy atom. The largest absolute Gasteiger partial charge is 0.289 e. The van der Waals surface area contributed by atoms with Gasteiger partial charge in [0.1, 0.15) is 0 Å². The molecule has 1 aliphatic rings. The molecule has 27 heavy (non-hydrogen) atoms. The Morgan fingerprint density at radius 1 is 1.11 bits per heavy atom. The Hall–Kier alpha value is -2.18. The lowest BCUT2D eigenvalue weighted by Crippen LogP contribution is -2.18. The molecule has 0 saturated carbocycles. The molecule has 1 heterocycles. The lowest BCUT2D eigenvalue weighted by molar-refractivity contribution is -0.109. The van der Waals surface area contributed by atoms with Crippen molar-refractivity contribution in [3.63, 3.8) is 0 Å². The van der Waals surface area contributed by atoms with Crippen LogP contribution in [0.1, 0.15) is 23.2 Å². The van der Waals surface area contributed by atoms with Crippen LogP contribution in [0.4, 0.5) is 0 Å². The topological polar surface area (TPSA) is 56.1 Å². The number of hydrogen-bond acceptors (Lipinski definition) is 3. The highest BCUT2D eigenvalue weighted by Gasteiger charge is 2.26. The summed E-state index contributed by atoms with van der Waals surface area (Å²) in [7, 11) is -5.15. The van der Waals surface area contributed by atoms with E-state index in [1.165, 1.54) is 3.97 Å². The Kier molecular flexibility index (Phi) is 5.14. The molecule has 142 valence electrons. The van der Waals surface area contributed by atoms with E-state index >= 15 is 0 Å². The Morgan fingerprint density at radius 3 is 2.41 bits per heavy atom. The lowest BCUT2D eigenvalue weighted by atomic mass is 9.94. The number of rotatable bonds is 5. The Bertz CT molecular complexity index is 1040. The van der Waals surface area contributed by atoms with E-state index in [1.807, 2.05) is 18.7 Å². The van der Waals surface area contributed by atoms with Gasteiger partial charge in [-0.1, -0.05) is 49.1 Å². The molecule has 3 rings (SSSR count). The predicted octanol–water partition coefficient (Wildman–Crippen LogP) is 4.37. The second-order valence-corrected chi connectivity index (χ2v) is 14.9. The second kappa shape index (κ2) is 7.09. The Labute approximate surface area is 162 Å². The number of nitrogens with zero attached hydrogens (tertiary/aromatic N) is 1. The summed E-state index contributed by atoms with van der Waals surface area (Å²) in [6.07, 6.45) is 6.39. The van der Waals surface area contributed by atoms with Crippen molar-refractivity contribution in [2.75, 3.05) is 0 Å². The second-order valence-electron chi connectivity index (χ2n) is 8.01. The number of allylic oxidation sites excluding steroid dienone is 3. The molecule has 1 aliphatic carbocycles. The molecule has 0 amide bonds. The van der Waals surface area contributed by atoms with Crippen LogP contribution in [-0.2, 0) is 21.2 Å². The third-order valence-corrected chi connectivity index (χ3v) is 7.45. The van der Waals surface area contributed by atoms with E-state index < -0.39 is 18.1 Å². The number of carbonyl (C=O) groups is 1. The van der Waals surface area contributed by atoms with E-state index in [1.54, 1.807) is 42.6 Å². The summed E-state index contributed by atoms with van der Waals surface area (Å²) in [5.74, 6) is -0.0520. The molecule has 2 aromatic rings. The zero-order valence-corrected chi connectivity index (χ0v) is 18.0. The number of ketones is 1. The molecule has 0 atom stereocenters. The first kappa shape index (κ1) is 19.6. The van der Waals surface area contributed by atoms with Gasteiger partial charge < -0.3 is 0 Å². The monoisotopic (exact) mass is 399 g/mol. The molecule has 0 fully saturated rings. The van der Waals surface area contributed by atoms with Crippen LogP contribution < -0.4 is 0 Å². The standard InChI is InChI=1S/C21H25NO3SSi/c1-16-8-10-17(11-9-16)26(24,25)22-14-12-18-19(6-5-7-20(18)22)21(23)13-15-27(2,3)4/h6,8-15H,5,7H2,1-4H3/b15-13+. The number of hydrogen-bond donors (Lipinski definition) is 0. The molecule has 1 aromatic heterocycles. The zero-order valence-electron chi connectivity index (χ0n) is 16.2.